The van der Waals surface area contributed by atoms with Crippen LogP contribution >= 0.6 is 0 Å². The highest BCUT2D eigenvalue weighted by atomic mass is 16.5. The average Bonchev–Trinajstić information content (AvgIpc) is 3.45. The van der Waals surface area contributed by atoms with Crippen molar-refractivity contribution in [1.29, 1.82) is 0 Å². The van der Waals surface area contributed by atoms with Crippen molar-refractivity contribution in [2.75, 3.05) is 25.0 Å². The van der Waals surface area contributed by atoms with Crippen molar-refractivity contribution in [3.05, 3.63) is 84.3 Å². The molecule has 10 heteroatoms. The Morgan fingerprint density at radius 2 is 1.64 bits per heavy atom. The van der Waals surface area contributed by atoms with Gasteiger partial charge in [0.1, 0.15) is 11.6 Å². The molecule has 42 heavy (non-hydrogen) atoms. The van der Waals surface area contributed by atoms with Crippen LogP contribution in [-0.4, -0.2) is 63.4 Å². The second kappa shape index (κ2) is 13.3. The number of ether oxygens (including phenoxy) is 1. The third kappa shape index (κ3) is 7.43. The fraction of sp³-hybridized carbons (Fsp3) is 0.438. The SMILES string of the molecule is CC1CCN(C(=O)C(C)(c2ccccc2)n2cnc(NC(=O)[C@@H](COCc3ccccc3)NC(=O)C(C)(C)N)c2)CC1. The number of aromatic nitrogens is 2. The van der Waals surface area contributed by atoms with Gasteiger partial charge in [-0.25, -0.2) is 4.98 Å². The number of anilines is 1. The van der Waals surface area contributed by atoms with E-state index in [1.807, 2.05) is 72.5 Å². The Kier molecular flexibility index (Phi) is 9.80. The summed E-state index contributed by atoms with van der Waals surface area (Å²) >= 11 is 0. The Hall–Kier alpha value is -4.02. The first-order valence-electron chi connectivity index (χ1n) is 14.4. The minimum atomic E-state index is -1.19. The zero-order chi connectivity index (χ0) is 30.3. The van der Waals surface area contributed by atoms with Crippen molar-refractivity contribution in [3.8, 4) is 0 Å². The summed E-state index contributed by atoms with van der Waals surface area (Å²) < 4.78 is 7.52. The van der Waals surface area contributed by atoms with Crippen LogP contribution in [0.25, 0.3) is 0 Å². The van der Waals surface area contributed by atoms with Crippen LogP contribution in [0.3, 0.4) is 0 Å². The zero-order valence-electron chi connectivity index (χ0n) is 24.9. The van der Waals surface area contributed by atoms with E-state index < -0.39 is 28.9 Å². The first kappa shape index (κ1) is 30.9. The van der Waals surface area contributed by atoms with Crippen LogP contribution < -0.4 is 16.4 Å². The van der Waals surface area contributed by atoms with Crippen LogP contribution in [0.1, 0.15) is 51.7 Å². The van der Waals surface area contributed by atoms with Gasteiger partial charge in [0.15, 0.2) is 5.82 Å². The van der Waals surface area contributed by atoms with E-state index in [9.17, 15) is 14.4 Å². The van der Waals surface area contributed by atoms with Gasteiger partial charge in [-0.2, -0.15) is 0 Å². The molecule has 1 saturated heterocycles. The van der Waals surface area contributed by atoms with Crippen LogP contribution in [0.15, 0.2) is 73.2 Å². The first-order chi connectivity index (χ1) is 20.0. The summed E-state index contributed by atoms with van der Waals surface area (Å²) in [5, 5.41) is 5.48. The van der Waals surface area contributed by atoms with Crippen molar-refractivity contribution in [2.24, 2.45) is 11.7 Å². The topological polar surface area (TPSA) is 132 Å². The number of likely N-dealkylation sites (tertiary alicyclic amines) is 1. The Labute approximate surface area is 247 Å². The van der Waals surface area contributed by atoms with Crippen molar-refractivity contribution in [3.63, 3.8) is 0 Å². The number of rotatable bonds is 11. The number of amides is 3. The number of carbonyl (C=O) groups is 3. The number of carbonyl (C=O) groups excluding carboxylic acids is 3. The molecule has 1 aromatic heterocycles. The molecule has 10 nitrogen and oxygen atoms in total. The summed E-state index contributed by atoms with van der Waals surface area (Å²) in [6.07, 6.45) is 5.11. The van der Waals surface area contributed by atoms with E-state index in [4.69, 9.17) is 10.5 Å². The van der Waals surface area contributed by atoms with Gasteiger partial charge in [-0.1, -0.05) is 67.6 Å². The van der Waals surface area contributed by atoms with Crippen molar-refractivity contribution < 1.29 is 19.1 Å². The van der Waals surface area contributed by atoms with Gasteiger partial charge in [0.05, 0.1) is 25.1 Å². The molecule has 1 fully saturated rings. The molecule has 0 bridgehead atoms. The molecule has 0 radical (unpaired) electrons. The van der Waals surface area contributed by atoms with E-state index in [-0.39, 0.29) is 24.9 Å². The van der Waals surface area contributed by atoms with E-state index in [2.05, 4.69) is 22.5 Å². The summed E-state index contributed by atoms with van der Waals surface area (Å²) in [4.78, 5) is 46.4. The van der Waals surface area contributed by atoms with Crippen LogP contribution in [0.4, 0.5) is 5.82 Å². The van der Waals surface area contributed by atoms with Gasteiger partial charge >= 0.3 is 0 Å². The lowest BCUT2D eigenvalue weighted by molar-refractivity contribution is -0.139. The largest absolute Gasteiger partial charge is 0.374 e. The number of nitrogens with zero attached hydrogens (tertiary/aromatic N) is 3. The first-order valence-corrected chi connectivity index (χ1v) is 14.4. The number of imidazole rings is 1. The maximum atomic E-state index is 14.0. The van der Waals surface area contributed by atoms with E-state index in [0.717, 1.165) is 24.0 Å². The number of piperidine rings is 1. The van der Waals surface area contributed by atoms with Gasteiger partial charge in [-0.05, 0) is 50.7 Å². The molecular weight excluding hydrogens is 532 g/mol. The van der Waals surface area contributed by atoms with Gasteiger partial charge in [0.2, 0.25) is 5.91 Å². The number of hydrogen-bond acceptors (Lipinski definition) is 6. The van der Waals surface area contributed by atoms with Gasteiger partial charge in [-0.15, -0.1) is 0 Å². The average molecular weight is 575 g/mol. The van der Waals surface area contributed by atoms with Gasteiger partial charge in [-0.3, -0.25) is 14.4 Å². The van der Waals surface area contributed by atoms with Gasteiger partial charge < -0.3 is 30.6 Å². The molecule has 4 rings (SSSR count). The summed E-state index contributed by atoms with van der Waals surface area (Å²) in [7, 11) is 0. The molecule has 1 aliphatic heterocycles. The molecule has 1 aliphatic rings. The minimum Gasteiger partial charge on any atom is -0.374 e. The van der Waals surface area contributed by atoms with Crippen LogP contribution in [0.2, 0.25) is 0 Å². The fourth-order valence-electron chi connectivity index (χ4n) is 4.91. The Balaban J connectivity index is 1.53. The lowest BCUT2D eigenvalue weighted by atomic mass is 9.88. The molecule has 0 saturated carbocycles. The zero-order valence-corrected chi connectivity index (χ0v) is 24.9. The molecule has 4 N–H and O–H groups in total. The molecule has 0 spiro atoms. The second-order valence-electron chi connectivity index (χ2n) is 11.8. The maximum Gasteiger partial charge on any atom is 0.253 e. The highest BCUT2D eigenvalue weighted by Crippen LogP contribution is 2.31. The normalized spacial score (nSPS) is 16.4. The molecule has 2 atom stereocenters. The second-order valence-corrected chi connectivity index (χ2v) is 11.8. The molecule has 2 aromatic carbocycles. The summed E-state index contributed by atoms with van der Waals surface area (Å²) in [6, 6.07) is 18.1. The van der Waals surface area contributed by atoms with E-state index in [0.29, 0.717) is 19.0 Å². The van der Waals surface area contributed by atoms with Gasteiger partial charge in [0.25, 0.3) is 11.8 Å². The maximum absolute atomic E-state index is 14.0. The monoisotopic (exact) mass is 574 g/mol. The standard InChI is InChI=1S/C32H42N6O4/c1-23-15-17-37(18-16-23)30(41)32(4,25-13-9-6-10-14-25)38-19-27(34-22-38)36-28(39)26(35-29(40)31(2,3)33)21-42-20-24-11-7-5-8-12-24/h5-14,19,22-23,26H,15-18,20-21,33H2,1-4H3,(H,35,40)(H,36,39)/t26-,32?/m1/s1. The highest BCUT2D eigenvalue weighted by molar-refractivity contribution is 5.98. The molecule has 2 heterocycles. The van der Waals surface area contributed by atoms with Crippen LogP contribution in [0.5, 0.6) is 0 Å². The summed E-state index contributed by atoms with van der Waals surface area (Å²) in [5.41, 5.74) is 5.45. The molecule has 0 aliphatic carbocycles. The summed E-state index contributed by atoms with van der Waals surface area (Å²) in [6.45, 7) is 8.80. The molecule has 1 unspecified atom stereocenters. The number of nitrogens with one attached hydrogen (secondary N) is 2. The smallest absolute Gasteiger partial charge is 0.253 e. The quantitative estimate of drug-likeness (QED) is 0.322. The Morgan fingerprint density at radius 3 is 2.26 bits per heavy atom. The van der Waals surface area contributed by atoms with Crippen molar-refractivity contribution in [2.45, 2.75) is 64.3 Å². The molecule has 224 valence electrons. The predicted octanol–water partition coefficient (Wildman–Crippen LogP) is 3.28. The Morgan fingerprint density at radius 1 is 1.02 bits per heavy atom. The Bertz CT molecular complexity index is 1350. The predicted molar refractivity (Wildman–Crippen MR) is 161 cm³/mol. The third-order valence-corrected chi connectivity index (χ3v) is 7.78. The molecule has 3 amide bonds. The van der Waals surface area contributed by atoms with Crippen molar-refractivity contribution in [1.82, 2.24) is 19.8 Å². The van der Waals surface area contributed by atoms with Crippen molar-refractivity contribution >= 4 is 23.5 Å². The highest BCUT2D eigenvalue weighted by Gasteiger charge is 2.41. The minimum absolute atomic E-state index is 0.0273. The molecular formula is C32H42N6O4. The number of nitrogens with two attached hydrogens (primary N) is 1. The fourth-order valence-corrected chi connectivity index (χ4v) is 4.91. The van der Waals surface area contributed by atoms with E-state index in [1.165, 1.54) is 0 Å². The lowest BCUT2D eigenvalue weighted by Gasteiger charge is -2.38. The number of benzene rings is 2. The van der Waals surface area contributed by atoms with E-state index >= 15 is 0 Å². The lowest BCUT2D eigenvalue weighted by Crippen LogP contribution is -2.56. The van der Waals surface area contributed by atoms with Crippen LogP contribution in [0, 0.1) is 5.92 Å². The third-order valence-electron chi connectivity index (χ3n) is 7.78. The van der Waals surface area contributed by atoms with E-state index in [1.54, 1.807) is 30.9 Å². The number of hydrogen-bond donors (Lipinski definition) is 3. The van der Waals surface area contributed by atoms with Crippen LogP contribution in [-0.2, 0) is 31.3 Å². The van der Waals surface area contributed by atoms with Gasteiger partial charge in [0, 0.05) is 19.3 Å². The molecule has 3 aromatic rings. The summed E-state index contributed by atoms with van der Waals surface area (Å²) in [5.74, 6) is -0.197.